The standard InChI is InChI=1S/C31H28N4O2S2/c1-18-6-8-22(20(3)12-18)24-14-38-28-26(24)30(36)34(16-32-28)10-5-11-35-17-33-29-27(31(35)37)25(15-39-29)23-9-7-19(2)13-21(23)4/h6-9,12-17H,5,10-11H2,1-4H3. The van der Waals surface area contributed by atoms with Gasteiger partial charge in [0.15, 0.2) is 0 Å². The lowest BCUT2D eigenvalue weighted by Gasteiger charge is -2.10. The second-order valence-electron chi connectivity index (χ2n) is 10.1. The fraction of sp³-hybridized carbons (Fsp3) is 0.226. The van der Waals surface area contributed by atoms with E-state index in [0.29, 0.717) is 30.3 Å². The smallest absolute Gasteiger partial charge is 0.262 e. The number of hydrogen-bond acceptors (Lipinski definition) is 6. The molecule has 6 aromatic rings. The third-order valence-electron chi connectivity index (χ3n) is 7.26. The molecule has 0 aliphatic rings. The van der Waals surface area contributed by atoms with Gasteiger partial charge in [-0.1, -0.05) is 47.5 Å². The second-order valence-corrected chi connectivity index (χ2v) is 11.9. The fourth-order valence-corrected chi connectivity index (χ4v) is 7.09. The highest BCUT2D eigenvalue weighted by Crippen LogP contribution is 2.34. The molecule has 0 saturated heterocycles. The van der Waals surface area contributed by atoms with Crippen molar-refractivity contribution in [3.8, 4) is 22.3 Å². The van der Waals surface area contributed by atoms with Gasteiger partial charge in [-0.05, 0) is 56.4 Å². The van der Waals surface area contributed by atoms with Gasteiger partial charge >= 0.3 is 0 Å². The number of aryl methyl sites for hydroxylation is 6. The van der Waals surface area contributed by atoms with Gasteiger partial charge in [0.1, 0.15) is 9.66 Å². The van der Waals surface area contributed by atoms with Gasteiger partial charge in [-0.3, -0.25) is 18.7 Å². The second kappa shape index (κ2) is 10.0. The van der Waals surface area contributed by atoms with Gasteiger partial charge < -0.3 is 0 Å². The van der Waals surface area contributed by atoms with Crippen molar-refractivity contribution in [2.24, 2.45) is 0 Å². The van der Waals surface area contributed by atoms with Gasteiger partial charge in [0.25, 0.3) is 11.1 Å². The maximum absolute atomic E-state index is 13.5. The largest absolute Gasteiger partial charge is 0.299 e. The Kier molecular flexibility index (Phi) is 6.53. The van der Waals surface area contributed by atoms with Gasteiger partial charge in [0, 0.05) is 35.0 Å². The molecule has 0 N–H and O–H groups in total. The van der Waals surface area contributed by atoms with Crippen LogP contribution in [0, 0.1) is 27.7 Å². The van der Waals surface area contributed by atoms with E-state index in [4.69, 9.17) is 0 Å². The van der Waals surface area contributed by atoms with Crippen LogP contribution in [0.1, 0.15) is 28.7 Å². The van der Waals surface area contributed by atoms with Crippen molar-refractivity contribution in [2.75, 3.05) is 0 Å². The number of hydrogen-bond donors (Lipinski definition) is 0. The zero-order chi connectivity index (χ0) is 27.3. The monoisotopic (exact) mass is 552 g/mol. The molecule has 196 valence electrons. The van der Waals surface area contributed by atoms with E-state index >= 15 is 0 Å². The zero-order valence-electron chi connectivity index (χ0n) is 22.3. The molecule has 0 spiro atoms. The molecule has 8 heteroatoms. The summed E-state index contributed by atoms with van der Waals surface area (Å²) in [6.45, 7) is 9.20. The van der Waals surface area contributed by atoms with Crippen LogP contribution in [-0.4, -0.2) is 19.1 Å². The summed E-state index contributed by atoms with van der Waals surface area (Å²) in [4.78, 5) is 37.7. The molecule has 6 nitrogen and oxygen atoms in total. The number of aromatic nitrogens is 4. The number of rotatable bonds is 6. The van der Waals surface area contributed by atoms with Crippen LogP contribution >= 0.6 is 22.7 Å². The molecule has 0 aliphatic heterocycles. The Morgan fingerprint density at radius 1 is 0.641 bits per heavy atom. The maximum Gasteiger partial charge on any atom is 0.262 e. The lowest BCUT2D eigenvalue weighted by atomic mass is 9.99. The summed E-state index contributed by atoms with van der Waals surface area (Å²) in [5, 5.41) is 5.36. The Morgan fingerprint density at radius 3 is 1.49 bits per heavy atom. The first kappa shape index (κ1) is 25.4. The van der Waals surface area contributed by atoms with E-state index in [0.717, 1.165) is 43.0 Å². The summed E-state index contributed by atoms with van der Waals surface area (Å²) in [6, 6.07) is 12.6. The van der Waals surface area contributed by atoms with Crippen molar-refractivity contribution in [3.05, 3.63) is 103 Å². The average molecular weight is 553 g/mol. The molecule has 0 unspecified atom stereocenters. The lowest BCUT2D eigenvalue weighted by Crippen LogP contribution is -2.24. The highest BCUT2D eigenvalue weighted by Gasteiger charge is 2.17. The maximum atomic E-state index is 13.5. The third kappa shape index (κ3) is 4.53. The molecule has 4 aromatic heterocycles. The molecule has 0 amide bonds. The summed E-state index contributed by atoms with van der Waals surface area (Å²) in [5.74, 6) is 0. The molecule has 0 bridgehead atoms. The van der Waals surface area contributed by atoms with E-state index in [1.807, 2.05) is 10.8 Å². The first-order valence-corrected chi connectivity index (χ1v) is 14.7. The lowest BCUT2D eigenvalue weighted by molar-refractivity contribution is 0.539. The molecule has 0 atom stereocenters. The molecule has 39 heavy (non-hydrogen) atoms. The van der Waals surface area contributed by atoms with Crippen molar-refractivity contribution in [2.45, 2.75) is 47.2 Å². The van der Waals surface area contributed by atoms with Crippen LogP contribution in [0.15, 0.2) is 69.4 Å². The minimum atomic E-state index is -0.0490. The highest BCUT2D eigenvalue weighted by molar-refractivity contribution is 7.17. The SMILES string of the molecule is Cc1ccc(-c2csc3ncn(CCCn4cnc5scc(-c6ccc(C)cc6C)c5c4=O)c(=O)c23)c(C)c1. The van der Waals surface area contributed by atoms with Crippen LogP contribution in [0.4, 0.5) is 0 Å². The predicted molar refractivity (Wildman–Crippen MR) is 162 cm³/mol. The molecule has 2 aromatic carbocycles. The Balaban J connectivity index is 1.29. The number of fused-ring (bicyclic) bond motifs is 2. The Bertz CT molecular complexity index is 1850. The van der Waals surface area contributed by atoms with Crippen LogP contribution in [0.2, 0.25) is 0 Å². The highest BCUT2D eigenvalue weighted by atomic mass is 32.1. The molecule has 0 radical (unpaired) electrons. The summed E-state index contributed by atoms with van der Waals surface area (Å²) >= 11 is 2.99. The summed E-state index contributed by atoms with van der Waals surface area (Å²) in [5.41, 5.74) is 8.55. The van der Waals surface area contributed by atoms with Crippen molar-refractivity contribution >= 4 is 43.1 Å². The van der Waals surface area contributed by atoms with E-state index in [-0.39, 0.29) is 11.1 Å². The Hall–Kier alpha value is -3.88. The molecular formula is C31H28N4O2S2. The third-order valence-corrected chi connectivity index (χ3v) is 9.04. The van der Waals surface area contributed by atoms with Gasteiger partial charge in [0.05, 0.1) is 23.4 Å². The van der Waals surface area contributed by atoms with Gasteiger partial charge in [-0.15, -0.1) is 22.7 Å². The number of benzene rings is 2. The minimum absolute atomic E-state index is 0.0490. The van der Waals surface area contributed by atoms with E-state index in [1.54, 1.807) is 21.8 Å². The van der Waals surface area contributed by atoms with E-state index in [2.05, 4.69) is 74.1 Å². The first-order chi connectivity index (χ1) is 18.8. The van der Waals surface area contributed by atoms with Gasteiger partial charge in [-0.2, -0.15) is 0 Å². The quantitative estimate of drug-likeness (QED) is 0.226. The van der Waals surface area contributed by atoms with Crippen molar-refractivity contribution in [3.63, 3.8) is 0 Å². The Morgan fingerprint density at radius 2 is 1.08 bits per heavy atom. The zero-order valence-corrected chi connectivity index (χ0v) is 23.9. The van der Waals surface area contributed by atoms with Crippen LogP contribution in [0.3, 0.4) is 0 Å². The van der Waals surface area contributed by atoms with Crippen LogP contribution < -0.4 is 11.1 Å². The van der Waals surface area contributed by atoms with Gasteiger partial charge in [0.2, 0.25) is 0 Å². The van der Waals surface area contributed by atoms with E-state index in [1.165, 1.54) is 33.8 Å². The molecule has 4 heterocycles. The molecule has 0 saturated carbocycles. The summed E-state index contributed by atoms with van der Waals surface area (Å²) in [7, 11) is 0. The average Bonchev–Trinajstić information content (AvgIpc) is 3.52. The topological polar surface area (TPSA) is 69.8 Å². The molecule has 0 fully saturated rings. The number of thiophene rings is 2. The van der Waals surface area contributed by atoms with Gasteiger partial charge in [-0.25, -0.2) is 9.97 Å². The van der Waals surface area contributed by atoms with Crippen molar-refractivity contribution < 1.29 is 0 Å². The molecule has 0 aliphatic carbocycles. The fourth-order valence-electron chi connectivity index (χ4n) is 5.29. The van der Waals surface area contributed by atoms with E-state index in [9.17, 15) is 9.59 Å². The van der Waals surface area contributed by atoms with Crippen molar-refractivity contribution in [1.29, 1.82) is 0 Å². The predicted octanol–water partition coefficient (Wildman–Crippen LogP) is 6.89. The number of nitrogens with zero attached hydrogens (tertiary/aromatic N) is 4. The normalized spacial score (nSPS) is 11.6. The summed E-state index contributed by atoms with van der Waals surface area (Å²) < 4.78 is 3.31. The molecular weight excluding hydrogens is 525 g/mol. The van der Waals surface area contributed by atoms with Crippen LogP contribution in [0.5, 0.6) is 0 Å². The van der Waals surface area contributed by atoms with Crippen molar-refractivity contribution in [1.82, 2.24) is 19.1 Å². The minimum Gasteiger partial charge on any atom is -0.299 e. The summed E-state index contributed by atoms with van der Waals surface area (Å²) in [6.07, 6.45) is 3.84. The van der Waals surface area contributed by atoms with Crippen LogP contribution in [0.25, 0.3) is 42.7 Å². The van der Waals surface area contributed by atoms with E-state index < -0.39 is 0 Å². The van der Waals surface area contributed by atoms with Crippen LogP contribution in [-0.2, 0) is 13.1 Å². The first-order valence-electron chi connectivity index (χ1n) is 12.9. The Labute approximate surface area is 233 Å². The molecule has 6 rings (SSSR count).